The fourth-order valence-corrected chi connectivity index (χ4v) is 1.48. The summed E-state index contributed by atoms with van der Waals surface area (Å²) in [5.41, 5.74) is 6.54. The number of phenolic OH excluding ortho intramolecular Hbond substituents is 1. The van der Waals surface area contributed by atoms with Gasteiger partial charge in [0.1, 0.15) is 5.75 Å². The second-order valence-corrected chi connectivity index (χ2v) is 4.31. The van der Waals surface area contributed by atoms with Crippen molar-refractivity contribution in [2.45, 2.75) is 19.8 Å². The molecular formula is C13H20N2O2. The van der Waals surface area contributed by atoms with E-state index in [-0.39, 0.29) is 17.6 Å². The lowest BCUT2D eigenvalue weighted by Gasteiger charge is -2.09. The van der Waals surface area contributed by atoms with Crippen LogP contribution >= 0.6 is 0 Å². The number of rotatable bonds is 6. The molecule has 1 rings (SSSR count). The van der Waals surface area contributed by atoms with E-state index in [0.29, 0.717) is 19.5 Å². The van der Waals surface area contributed by atoms with Gasteiger partial charge in [-0.1, -0.05) is 19.1 Å². The first-order valence-electron chi connectivity index (χ1n) is 5.86. The van der Waals surface area contributed by atoms with Gasteiger partial charge < -0.3 is 16.2 Å². The van der Waals surface area contributed by atoms with E-state index < -0.39 is 0 Å². The Balaban J connectivity index is 2.23. The molecule has 1 atom stereocenters. The third kappa shape index (κ3) is 5.36. The SMILES string of the molecule is CC(CN)CC(=O)NCCc1ccc(O)cc1. The first-order chi connectivity index (χ1) is 8.11. The summed E-state index contributed by atoms with van der Waals surface area (Å²) in [5, 5.41) is 12.0. The lowest BCUT2D eigenvalue weighted by molar-refractivity contribution is -0.121. The molecule has 0 aliphatic carbocycles. The molecule has 1 aromatic carbocycles. The predicted molar refractivity (Wildman–Crippen MR) is 67.7 cm³/mol. The van der Waals surface area contributed by atoms with Gasteiger partial charge in [-0.05, 0) is 36.6 Å². The van der Waals surface area contributed by atoms with Gasteiger partial charge in [-0.15, -0.1) is 0 Å². The minimum Gasteiger partial charge on any atom is -0.508 e. The number of hydrogen-bond donors (Lipinski definition) is 3. The highest BCUT2D eigenvalue weighted by Gasteiger charge is 2.06. The first kappa shape index (κ1) is 13.5. The van der Waals surface area contributed by atoms with Crippen LogP contribution in [0.4, 0.5) is 0 Å². The fourth-order valence-electron chi connectivity index (χ4n) is 1.48. The van der Waals surface area contributed by atoms with Crippen molar-refractivity contribution in [3.8, 4) is 5.75 Å². The van der Waals surface area contributed by atoms with Crippen LogP contribution in [-0.4, -0.2) is 24.1 Å². The van der Waals surface area contributed by atoms with E-state index in [1.165, 1.54) is 0 Å². The highest BCUT2D eigenvalue weighted by Crippen LogP contribution is 2.09. The van der Waals surface area contributed by atoms with E-state index in [0.717, 1.165) is 12.0 Å². The van der Waals surface area contributed by atoms with Gasteiger partial charge in [-0.2, -0.15) is 0 Å². The van der Waals surface area contributed by atoms with Gasteiger partial charge in [-0.25, -0.2) is 0 Å². The van der Waals surface area contributed by atoms with Gasteiger partial charge in [-0.3, -0.25) is 4.79 Å². The summed E-state index contributed by atoms with van der Waals surface area (Å²) < 4.78 is 0. The number of benzene rings is 1. The molecule has 0 heterocycles. The minimum atomic E-state index is 0.0433. The van der Waals surface area contributed by atoms with Crippen LogP contribution in [-0.2, 0) is 11.2 Å². The summed E-state index contributed by atoms with van der Waals surface area (Å²) in [6.45, 7) is 3.10. The van der Waals surface area contributed by atoms with Crippen molar-refractivity contribution >= 4 is 5.91 Å². The van der Waals surface area contributed by atoms with Gasteiger partial charge >= 0.3 is 0 Å². The van der Waals surface area contributed by atoms with Crippen LogP contribution in [0, 0.1) is 5.92 Å². The third-order valence-electron chi connectivity index (χ3n) is 2.61. The average Bonchev–Trinajstić information content (AvgIpc) is 2.31. The molecule has 1 aromatic rings. The highest BCUT2D eigenvalue weighted by atomic mass is 16.3. The Morgan fingerprint density at radius 2 is 2.06 bits per heavy atom. The van der Waals surface area contributed by atoms with Crippen molar-refractivity contribution in [2.75, 3.05) is 13.1 Å². The van der Waals surface area contributed by atoms with Crippen LogP contribution in [0.1, 0.15) is 18.9 Å². The Kier molecular flexibility index (Phi) is 5.49. The maximum atomic E-state index is 11.5. The second kappa shape index (κ2) is 6.91. The molecule has 0 spiro atoms. The zero-order chi connectivity index (χ0) is 12.7. The third-order valence-corrected chi connectivity index (χ3v) is 2.61. The van der Waals surface area contributed by atoms with Crippen molar-refractivity contribution in [3.05, 3.63) is 29.8 Å². The summed E-state index contributed by atoms with van der Waals surface area (Å²) >= 11 is 0. The van der Waals surface area contributed by atoms with Crippen LogP contribution in [0.2, 0.25) is 0 Å². The quantitative estimate of drug-likeness (QED) is 0.690. The number of amides is 1. The Bertz CT molecular complexity index is 349. The van der Waals surface area contributed by atoms with E-state index in [2.05, 4.69) is 5.32 Å². The zero-order valence-electron chi connectivity index (χ0n) is 10.1. The van der Waals surface area contributed by atoms with Gasteiger partial charge in [0, 0.05) is 13.0 Å². The minimum absolute atomic E-state index is 0.0433. The first-order valence-corrected chi connectivity index (χ1v) is 5.86. The molecule has 0 aromatic heterocycles. The van der Waals surface area contributed by atoms with Crippen LogP contribution in [0.3, 0.4) is 0 Å². The molecular weight excluding hydrogens is 216 g/mol. The molecule has 1 unspecified atom stereocenters. The van der Waals surface area contributed by atoms with Crippen molar-refractivity contribution in [1.29, 1.82) is 0 Å². The standard InChI is InChI=1S/C13H20N2O2/c1-10(9-14)8-13(17)15-7-6-11-2-4-12(16)5-3-11/h2-5,10,16H,6-9,14H2,1H3,(H,15,17). The number of nitrogens with one attached hydrogen (secondary N) is 1. The molecule has 0 radical (unpaired) electrons. The van der Waals surface area contributed by atoms with E-state index in [1.807, 2.05) is 19.1 Å². The largest absolute Gasteiger partial charge is 0.508 e. The monoisotopic (exact) mass is 236 g/mol. The molecule has 94 valence electrons. The Morgan fingerprint density at radius 1 is 1.41 bits per heavy atom. The van der Waals surface area contributed by atoms with E-state index in [1.54, 1.807) is 12.1 Å². The number of aromatic hydroxyl groups is 1. The lowest BCUT2D eigenvalue weighted by atomic mass is 10.1. The Hall–Kier alpha value is -1.55. The molecule has 4 heteroatoms. The molecule has 17 heavy (non-hydrogen) atoms. The van der Waals surface area contributed by atoms with Gasteiger partial charge in [0.05, 0.1) is 0 Å². The van der Waals surface area contributed by atoms with E-state index in [9.17, 15) is 4.79 Å². The molecule has 1 amide bonds. The molecule has 0 aliphatic rings. The second-order valence-electron chi connectivity index (χ2n) is 4.31. The molecule has 4 nitrogen and oxygen atoms in total. The fraction of sp³-hybridized carbons (Fsp3) is 0.462. The van der Waals surface area contributed by atoms with Crippen molar-refractivity contribution < 1.29 is 9.90 Å². The summed E-state index contributed by atoms with van der Waals surface area (Å²) in [5.74, 6) is 0.528. The Labute approximate surface area is 102 Å². The van der Waals surface area contributed by atoms with Crippen LogP contribution in [0.15, 0.2) is 24.3 Å². The normalized spacial score (nSPS) is 12.1. The average molecular weight is 236 g/mol. The van der Waals surface area contributed by atoms with Crippen LogP contribution in [0.25, 0.3) is 0 Å². The smallest absolute Gasteiger partial charge is 0.220 e. The van der Waals surface area contributed by atoms with E-state index >= 15 is 0 Å². The van der Waals surface area contributed by atoms with Crippen molar-refractivity contribution in [3.63, 3.8) is 0 Å². The highest BCUT2D eigenvalue weighted by molar-refractivity contribution is 5.76. The van der Waals surface area contributed by atoms with Crippen molar-refractivity contribution in [2.24, 2.45) is 11.7 Å². The molecule has 0 saturated carbocycles. The number of carbonyl (C=O) groups excluding carboxylic acids is 1. The lowest BCUT2D eigenvalue weighted by Crippen LogP contribution is -2.28. The maximum Gasteiger partial charge on any atom is 0.220 e. The van der Waals surface area contributed by atoms with Crippen LogP contribution < -0.4 is 11.1 Å². The molecule has 0 aliphatic heterocycles. The molecule has 4 N–H and O–H groups in total. The molecule has 0 fully saturated rings. The number of carbonyl (C=O) groups is 1. The summed E-state index contributed by atoms with van der Waals surface area (Å²) in [6, 6.07) is 7.00. The topological polar surface area (TPSA) is 75.4 Å². The van der Waals surface area contributed by atoms with Crippen molar-refractivity contribution in [1.82, 2.24) is 5.32 Å². The summed E-state index contributed by atoms with van der Waals surface area (Å²) in [6.07, 6.45) is 1.25. The zero-order valence-corrected chi connectivity index (χ0v) is 10.1. The maximum absolute atomic E-state index is 11.5. The summed E-state index contributed by atoms with van der Waals surface area (Å²) in [7, 11) is 0. The summed E-state index contributed by atoms with van der Waals surface area (Å²) in [4.78, 5) is 11.5. The number of phenols is 1. The molecule has 0 bridgehead atoms. The number of hydrogen-bond acceptors (Lipinski definition) is 3. The van der Waals surface area contributed by atoms with Gasteiger partial charge in [0.2, 0.25) is 5.91 Å². The Morgan fingerprint density at radius 3 is 2.65 bits per heavy atom. The number of nitrogens with two attached hydrogens (primary N) is 1. The predicted octanol–water partition coefficient (Wildman–Crippen LogP) is 1.04. The molecule has 0 saturated heterocycles. The van der Waals surface area contributed by atoms with E-state index in [4.69, 9.17) is 10.8 Å². The van der Waals surface area contributed by atoms with Gasteiger partial charge in [0.25, 0.3) is 0 Å². The van der Waals surface area contributed by atoms with Gasteiger partial charge in [0.15, 0.2) is 0 Å². The van der Waals surface area contributed by atoms with Crippen LogP contribution in [0.5, 0.6) is 5.75 Å².